The van der Waals surface area contributed by atoms with Gasteiger partial charge in [0.05, 0.1) is 0 Å². The van der Waals surface area contributed by atoms with Gasteiger partial charge in [0.1, 0.15) is 0 Å². The summed E-state index contributed by atoms with van der Waals surface area (Å²) >= 11 is 0.521. The second-order valence-corrected chi connectivity index (χ2v) is 21.6. The maximum atomic E-state index is 4.04. The molecule has 0 radical (unpaired) electrons. The number of anilines is 8. The molecule has 3 heterocycles. The first-order valence-corrected chi connectivity index (χ1v) is 25.2. The molecule has 0 saturated carbocycles. The third-order valence-electron chi connectivity index (χ3n) is 11.4. The Morgan fingerprint density at radius 2 is 0.683 bits per heavy atom. The molecule has 0 aliphatic carbocycles. The molecule has 9 aromatic carbocycles. The molecule has 3 nitrogen and oxygen atoms in total. The molecular weight excluding hydrogens is 927 g/mol. The van der Waals surface area contributed by atoms with Gasteiger partial charge in [-0.05, 0) is 0 Å². The fourth-order valence-electron chi connectivity index (χ4n) is 8.75. The Morgan fingerprint density at radius 1 is 0.300 bits per heavy atom. The van der Waals surface area contributed by atoms with Crippen LogP contribution in [-0.4, -0.2) is 43.5 Å². The fraction of sp³-hybridized carbons (Fsp3) is 0. The summed E-state index contributed by atoms with van der Waals surface area (Å²) in [5, 5.41) is 12.1. The molecular formula is C54H35N3Se3. The van der Waals surface area contributed by atoms with Gasteiger partial charge >= 0.3 is 368 Å². The molecule has 284 valence electrons. The van der Waals surface area contributed by atoms with Gasteiger partial charge in [0, 0.05) is 0 Å². The molecule has 1 N–H and O–H groups in total. The van der Waals surface area contributed by atoms with Crippen LogP contribution in [0.1, 0.15) is 0 Å². The third kappa shape index (κ3) is 6.08. The molecule has 6 heteroatoms. The van der Waals surface area contributed by atoms with Gasteiger partial charge in [-0.15, -0.1) is 0 Å². The minimum absolute atomic E-state index is 0.160. The van der Waals surface area contributed by atoms with E-state index >= 15 is 0 Å². The normalized spacial score (nSPS) is 11.7. The van der Waals surface area contributed by atoms with Gasteiger partial charge in [-0.3, -0.25) is 0 Å². The molecule has 0 atom stereocenters. The second kappa shape index (κ2) is 14.9. The minimum atomic E-state index is 0.160. The van der Waals surface area contributed by atoms with Crippen LogP contribution in [0.5, 0.6) is 0 Å². The quantitative estimate of drug-likeness (QED) is 0.153. The van der Waals surface area contributed by atoms with Crippen molar-refractivity contribution >= 4 is 147 Å². The van der Waals surface area contributed by atoms with E-state index in [0.29, 0.717) is 0 Å². The van der Waals surface area contributed by atoms with Crippen LogP contribution in [0.3, 0.4) is 0 Å². The van der Waals surface area contributed by atoms with Gasteiger partial charge < -0.3 is 0 Å². The predicted molar refractivity (Wildman–Crippen MR) is 261 cm³/mol. The maximum absolute atomic E-state index is 4.04. The van der Waals surface area contributed by atoms with E-state index in [-0.39, 0.29) is 43.5 Å². The predicted octanol–water partition coefficient (Wildman–Crippen LogP) is 14.5. The molecule has 0 fully saturated rings. The van der Waals surface area contributed by atoms with Crippen LogP contribution in [0.25, 0.3) is 57.9 Å². The zero-order chi connectivity index (χ0) is 39.6. The first-order valence-electron chi connectivity index (χ1n) is 20.1. The Hall–Kier alpha value is -6.06. The number of hydrogen-bond acceptors (Lipinski definition) is 3. The molecule has 12 rings (SSSR count). The summed E-state index contributed by atoms with van der Waals surface area (Å²) in [4.78, 5) is 4.99. The average Bonchev–Trinajstić information content (AvgIpc) is 4.00. The topological polar surface area (TPSA) is 18.5 Å². The summed E-state index contributed by atoms with van der Waals surface area (Å²) in [6.45, 7) is 0. The molecule has 0 bridgehead atoms. The summed E-state index contributed by atoms with van der Waals surface area (Å²) in [5.74, 6) is 0. The van der Waals surface area contributed by atoms with E-state index in [1.807, 2.05) is 0 Å². The van der Waals surface area contributed by atoms with Gasteiger partial charge in [0.2, 0.25) is 0 Å². The van der Waals surface area contributed by atoms with Gasteiger partial charge in [-0.1, -0.05) is 0 Å². The Bertz CT molecular complexity index is 3370. The number of benzene rings is 9. The number of fused-ring (bicyclic) bond motifs is 9. The SMILES string of the molecule is c1ccc(N(c2cc(Nc3cccc4c3[se]c3ccccc34)cc(N(c3ccccc3)c3cccc4c3[se]c3ccccc34)c2)c2cccc3c2[se]c2ccccc23)cc1. The van der Waals surface area contributed by atoms with Crippen LogP contribution < -0.4 is 15.1 Å². The zero-order valence-corrected chi connectivity index (χ0v) is 37.4. The van der Waals surface area contributed by atoms with Crippen molar-refractivity contribution < 1.29 is 0 Å². The van der Waals surface area contributed by atoms with Crippen molar-refractivity contribution in [3.63, 3.8) is 0 Å². The van der Waals surface area contributed by atoms with Crippen LogP contribution in [0.4, 0.5) is 45.5 Å². The molecule has 0 spiro atoms. The molecule has 0 unspecified atom stereocenters. The Labute approximate surface area is 365 Å². The van der Waals surface area contributed by atoms with E-state index in [2.05, 4.69) is 221 Å². The summed E-state index contributed by atoms with van der Waals surface area (Å²) in [5.41, 5.74) is 9.13. The fourth-order valence-corrected chi connectivity index (χ4v) is 16.3. The number of para-hydroxylation sites is 2. The van der Waals surface area contributed by atoms with Crippen molar-refractivity contribution in [3.8, 4) is 0 Å². The molecule has 3 aromatic heterocycles. The third-order valence-corrected chi connectivity index (χ3v) is 19.0. The Morgan fingerprint density at radius 3 is 1.17 bits per heavy atom. The van der Waals surface area contributed by atoms with Crippen molar-refractivity contribution in [2.45, 2.75) is 0 Å². The van der Waals surface area contributed by atoms with Gasteiger partial charge in [0.15, 0.2) is 0 Å². The van der Waals surface area contributed by atoms with Gasteiger partial charge in [0.25, 0.3) is 0 Å². The van der Waals surface area contributed by atoms with Crippen LogP contribution in [0.15, 0.2) is 206 Å². The number of nitrogens with zero attached hydrogens (tertiary/aromatic N) is 2. The van der Waals surface area contributed by atoms with E-state index in [1.165, 1.54) is 74.9 Å². The van der Waals surface area contributed by atoms with Crippen molar-refractivity contribution in [1.29, 1.82) is 0 Å². The van der Waals surface area contributed by atoms with Crippen LogP contribution in [0.2, 0.25) is 0 Å². The zero-order valence-electron chi connectivity index (χ0n) is 32.2. The Balaban J connectivity index is 1.13. The molecule has 0 aliphatic rings. The van der Waals surface area contributed by atoms with Crippen LogP contribution in [0, 0.1) is 0 Å². The second-order valence-electron chi connectivity index (χ2n) is 15.0. The number of hydrogen-bond donors (Lipinski definition) is 1. The van der Waals surface area contributed by atoms with Gasteiger partial charge in [-0.2, -0.15) is 0 Å². The van der Waals surface area contributed by atoms with Crippen molar-refractivity contribution in [3.05, 3.63) is 206 Å². The monoisotopic (exact) mass is 965 g/mol. The standard InChI is InChI=1S/C54H35N3Se3/c1-3-16-36(17-4-1)56(47-27-14-24-44-41-21-8-11-30-50(41)59-53(44)47)38-32-35(55-46-26-13-23-43-40-20-7-10-29-49(40)58-52(43)46)33-39(34-38)57(37-18-5-2-6-19-37)48-28-15-25-45-42-22-9-12-31-51(42)60-54(45)48/h1-34,55H. The average molecular weight is 963 g/mol. The van der Waals surface area contributed by atoms with Crippen molar-refractivity contribution in [2.24, 2.45) is 0 Å². The van der Waals surface area contributed by atoms with Crippen molar-refractivity contribution in [2.75, 3.05) is 15.1 Å². The van der Waals surface area contributed by atoms with E-state index < -0.39 is 0 Å². The van der Waals surface area contributed by atoms with Gasteiger partial charge in [-0.25, -0.2) is 0 Å². The first kappa shape index (κ1) is 35.8. The van der Waals surface area contributed by atoms with Crippen LogP contribution >= 0.6 is 0 Å². The van der Waals surface area contributed by atoms with E-state index in [4.69, 9.17) is 0 Å². The summed E-state index contributed by atoms with van der Waals surface area (Å²) in [6, 6.07) is 76.3. The number of rotatable bonds is 8. The molecule has 0 aliphatic heterocycles. The molecule has 0 amide bonds. The van der Waals surface area contributed by atoms with Crippen LogP contribution in [-0.2, 0) is 0 Å². The van der Waals surface area contributed by atoms with E-state index in [9.17, 15) is 0 Å². The summed E-state index contributed by atoms with van der Waals surface area (Å²) in [6.07, 6.45) is 0. The molecule has 12 aromatic rings. The number of nitrogens with one attached hydrogen (secondary N) is 1. The first-order chi connectivity index (χ1) is 29.7. The summed E-state index contributed by atoms with van der Waals surface area (Å²) in [7, 11) is 0. The Kier molecular flexibility index (Phi) is 8.89. The van der Waals surface area contributed by atoms with E-state index in [1.54, 1.807) is 0 Å². The van der Waals surface area contributed by atoms with E-state index in [0.717, 1.165) is 28.4 Å². The molecule has 60 heavy (non-hydrogen) atoms. The summed E-state index contributed by atoms with van der Waals surface area (Å²) < 4.78 is 8.55. The van der Waals surface area contributed by atoms with Crippen molar-refractivity contribution in [1.82, 2.24) is 0 Å². The molecule has 0 saturated heterocycles.